The zero-order chi connectivity index (χ0) is 22.5. The molecule has 3 amide bonds. The van der Waals surface area contributed by atoms with Crippen molar-refractivity contribution in [1.82, 2.24) is 24.9 Å². The van der Waals surface area contributed by atoms with Crippen molar-refractivity contribution in [2.24, 2.45) is 0 Å². The van der Waals surface area contributed by atoms with Gasteiger partial charge in [-0.1, -0.05) is 30.3 Å². The third-order valence-electron chi connectivity index (χ3n) is 5.80. The normalized spacial score (nSPS) is 18.2. The lowest BCUT2D eigenvalue weighted by Gasteiger charge is -2.20. The summed E-state index contributed by atoms with van der Waals surface area (Å²) in [5.74, 6) is -0.780. The Balaban J connectivity index is 1.38. The molecule has 2 aliphatic rings. The molecule has 0 bridgehead atoms. The van der Waals surface area contributed by atoms with Crippen LogP contribution in [0.5, 0.6) is 0 Å². The number of likely N-dealkylation sites (N-methyl/N-ethyl adjacent to an activating group) is 1. The van der Waals surface area contributed by atoms with Crippen molar-refractivity contribution < 1.29 is 19.1 Å². The topological polar surface area (TPSA) is 96.8 Å². The fourth-order valence-electron chi connectivity index (χ4n) is 4.07. The van der Waals surface area contributed by atoms with Gasteiger partial charge in [0.25, 0.3) is 11.8 Å². The Labute approximate surface area is 187 Å². The van der Waals surface area contributed by atoms with Gasteiger partial charge in [-0.25, -0.2) is 0 Å². The number of aryl methyl sites for hydroxylation is 1. The number of hydrogen-bond donors (Lipinski definition) is 1. The molecule has 4 rings (SSSR count). The van der Waals surface area contributed by atoms with E-state index in [0.717, 1.165) is 31.4 Å². The van der Waals surface area contributed by atoms with Crippen LogP contribution < -0.4 is 5.32 Å². The predicted molar refractivity (Wildman–Crippen MR) is 117 cm³/mol. The molecular weight excluding hydrogens is 410 g/mol. The molecule has 0 aliphatic carbocycles. The Morgan fingerprint density at radius 3 is 2.78 bits per heavy atom. The molecule has 1 aromatic carbocycles. The lowest BCUT2D eigenvalue weighted by atomic mass is 10.2. The Bertz CT molecular complexity index is 968. The number of aromatic nitrogens is 2. The number of benzene rings is 1. The predicted octanol–water partition coefficient (Wildman–Crippen LogP) is 1.30. The summed E-state index contributed by atoms with van der Waals surface area (Å²) in [5.41, 5.74) is 1.63. The SMILES string of the molecule is CN(CC(=O)NCC1CCCO1)C(=O)c1cc2n(n1)CCCN(Cc1ccccc1)C2=O. The summed E-state index contributed by atoms with van der Waals surface area (Å²) < 4.78 is 7.10. The Morgan fingerprint density at radius 1 is 1.22 bits per heavy atom. The first-order valence-corrected chi connectivity index (χ1v) is 11.1. The van der Waals surface area contributed by atoms with E-state index in [4.69, 9.17) is 4.74 Å². The lowest BCUT2D eigenvalue weighted by molar-refractivity contribution is -0.122. The van der Waals surface area contributed by atoms with E-state index in [1.165, 1.54) is 11.0 Å². The van der Waals surface area contributed by atoms with Crippen molar-refractivity contribution in [3.63, 3.8) is 0 Å². The van der Waals surface area contributed by atoms with Crippen molar-refractivity contribution in [3.8, 4) is 0 Å². The molecular formula is C23H29N5O4. The number of nitrogens with zero attached hydrogens (tertiary/aromatic N) is 4. The minimum absolute atomic E-state index is 0.0496. The van der Waals surface area contributed by atoms with E-state index < -0.39 is 0 Å². The smallest absolute Gasteiger partial charge is 0.274 e. The second-order valence-corrected chi connectivity index (χ2v) is 8.30. The molecule has 1 fully saturated rings. The minimum Gasteiger partial charge on any atom is -0.376 e. The summed E-state index contributed by atoms with van der Waals surface area (Å²) in [7, 11) is 1.56. The van der Waals surface area contributed by atoms with Crippen LogP contribution >= 0.6 is 0 Å². The molecule has 170 valence electrons. The number of carbonyl (C=O) groups excluding carboxylic acids is 3. The molecule has 2 aromatic rings. The van der Waals surface area contributed by atoms with Crippen molar-refractivity contribution in [1.29, 1.82) is 0 Å². The fourth-order valence-corrected chi connectivity index (χ4v) is 4.07. The van der Waals surface area contributed by atoms with Crippen LogP contribution in [-0.4, -0.2) is 76.7 Å². The van der Waals surface area contributed by atoms with Crippen LogP contribution in [0.4, 0.5) is 0 Å². The van der Waals surface area contributed by atoms with Gasteiger partial charge in [-0.3, -0.25) is 19.1 Å². The van der Waals surface area contributed by atoms with E-state index in [1.807, 2.05) is 30.3 Å². The molecule has 2 aliphatic heterocycles. The summed E-state index contributed by atoms with van der Waals surface area (Å²) in [6.45, 7) is 2.80. The molecule has 32 heavy (non-hydrogen) atoms. The van der Waals surface area contributed by atoms with Crippen molar-refractivity contribution in [3.05, 3.63) is 53.3 Å². The molecule has 9 nitrogen and oxygen atoms in total. The van der Waals surface area contributed by atoms with E-state index in [0.29, 0.717) is 31.9 Å². The molecule has 3 heterocycles. The van der Waals surface area contributed by atoms with Crippen LogP contribution in [0.3, 0.4) is 0 Å². The average Bonchev–Trinajstić information content (AvgIpc) is 3.44. The molecule has 9 heteroatoms. The first-order valence-electron chi connectivity index (χ1n) is 11.1. The number of hydrogen-bond acceptors (Lipinski definition) is 5. The standard InChI is InChI=1S/C23H29N5O4/c1-26(16-21(29)24-14-18-9-5-12-32-18)22(30)19-13-20-23(31)27(10-6-11-28(20)25-19)15-17-7-3-2-4-8-17/h2-4,7-8,13,18H,5-6,9-12,14-16H2,1H3,(H,24,29). The second kappa shape index (κ2) is 9.95. The Morgan fingerprint density at radius 2 is 2.03 bits per heavy atom. The zero-order valence-electron chi connectivity index (χ0n) is 18.3. The number of rotatable bonds is 7. The van der Waals surface area contributed by atoms with Gasteiger partial charge in [-0.15, -0.1) is 0 Å². The highest BCUT2D eigenvalue weighted by molar-refractivity contribution is 5.99. The number of carbonyl (C=O) groups is 3. The van der Waals surface area contributed by atoms with Gasteiger partial charge >= 0.3 is 0 Å². The summed E-state index contributed by atoms with van der Waals surface area (Å²) in [4.78, 5) is 41.3. The summed E-state index contributed by atoms with van der Waals surface area (Å²) in [5, 5.41) is 7.18. The molecule has 0 spiro atoms. The van der Waals surface area contributed by atoms with E-state index in [1.54, 1.807) is 16.6 Å². The molecule has 1 atom stereocenters. The van der Waals surface area contributed by atoms with Crippen molar-refractivity contribution in [2.75, 3.05) is 33.3 Å². The van der Waals surface area contributed by atoms with E-state index in [2.05, 4.69) is 10.4 Å². The maximum Gasteiger partial charge on any atom is 0.274 e. The fraction of sp³-hybridized carbons (Fsp3) is 0.478. The summed E-state index contributed by atoms with van der Waals surface area (Å²) in [6.07, 6.45) is 2.74. The molecule has 0 saturated carbocycles. The molecule has 1 saturated heterocycles. The van der Waals surface area contributed by atoms with Gasteiger partial charge < -0.3 is 19.9 Å². The molecule has 1 unspecified atom stereocenters. The molecule has 1 N–H and O–H groups in total. The van der Waals surface area contributed by atoms with E-state index >= 15 is 0 Å². The quantitative estimate of drug-likeness (QED) is 0.701. The highest BCUT2D eigenvalue weighted by atomic mass is 16.5. The van der Waals surface area contributed by atoms with Crippen LogP contribution in [-0.2, 0) is 22.6 Å². The van der Waals surface area contributed by atoms with Crippen LogP contribution in [0, 0.1) is 0 Å². The van der Waals surface area contributed by atoms with Crippen LogP contribution in [0.2, 0.25) is 0 Å². The van der Waals surface area contributed by atoms with Gasteiger partial charge in [0, 0.05) is 45.9 Å². The van der Waals surface area contributed by atoms with Crippen LogP contribution in [0.1, 0.15) is 45.8 Å². The van der Waals surface area contributed by atoms with E-state index in [9.17, 15) is 14.4 Å². The monoisotopic (exact) mass is 439 g/mol. The average molecular weight is 440 g/mol. The van der Waals surface area contributed by atoms with Crippen molar-refractivity contribution in [2.45, 2.75) is 38.5 Å². The first kappa shape index (κ1) is 22.0. The first-order chi connectivity index (χ1) is 15.5. The third kappa shape index (κ3) is 5.16. The zero-order valence-corrected chi connectivity index (χ0v) is 18.3. The van der Waals surface area contributed by atoms with E-state index in [-0.39, 0.29) is 36.1 Å². The maximum atomic E-state index is 13.1. The van der Waals surface area contributed by atoms with Crippen molar-refractivity contribution >= 4 is 17.7 Å². The number of ether oxygens (including phenoxy) is 1. The highest BCUT2D eigenvalue weighted by Crippen LogP contribution is 2.17. The third-order valence-corrected chi connectivity index (χ3v) is 5.80. The molecule has 0 radical (unpaired) electrons. The number of nitrogens with one attached hydrogen (secondary N) is 1. The van der Waals surface area contributed by atoms with Gasteiger partial charge in [0.05, 0.1) is 12.6 Å². The van der Waals surface area contributed by atoms with Crippen LogP contribution in [0.25, 0.3) is 0 Å². The highest BCUT2D eigenvalue weighted by Gasteiger charge is 2.28. The number of amides is 3. The Hall–Kier alpha value is -3.20. The minimum atomic E-state index is -0.389. The Kier molecular flexibility index (Phi) is 6.84. The van der Waals surface area contributed by atoms with Gasteiger partial charge in [-0.05, 0) is 24.8 Å². The van der Waals surface area contributed by atoms with Gasteiger partial charge in [0.2, 0.25) is 5.91 Å². The van der Waals surface area contributed by atoms with Gasteiger partial charge in [0.1, 0.15) is 5.69 Å². The largest absolute Gasteiger partial charge is 0.376 e. The van der Waals surface area contributed by atoms with Crippen LogP contribution in [0.15, 0.2) is 36.4 Å². The maximum absolute atomic E-state index is 13.1. The summed E-state index contributed by atoms with van der Waals surface area (Å²) in [6, 6.07) is 11.4. The summed E-state index contributed by atoms with van der Waals surface area (Å²) >= 11 is 0. The van der Waals surface area contributed by atoms with Gasteiger partial charge in [-0.2, -0.15) is 5.10 Å². The molecule has 1 aromatic heterocycles. The second-order valence-electron chi connectivity index (χ2n) is 8.30. The lowest BCUT2D eigenvalue weighted by Crippen LogP contribution is -2.41. The number of fused-ring (bicyclic) bond motifs is 1. The van der Waals surface area contributed by atoms with Gasteiger partial charge in [0.15, 0.2) is 5.69 Å².